The number of aryl methyl sites for hydroxylation is 1. The first-order valence-corrected chi connectivity index (χ1v) is 8.70. The molecule has 7 heteroatoms. The van der Waals surface area contributed by atoms with Crippen LogP contribution in [0.2, 0.25) is 0 Å². The van der Waals surface area contributed by atoms with Crippen molar-refractivity contribution in [3.63, 3.8) is 0 Å². The van der Waals surface area contributed by atoms with E-state index in [2.05, 4.69) is 25.9 Å². The molecule has 0 spiro atoms. The van der Waals surface area contributed by atoms with Crippen LogP contribution in [-0.4, -0.2) is 29.2 Å². The molecule has 21 heavy (non-hydrogen) atoms. The minimum Gasteiger partial charge on any atom is -0.262 e. The molecule has 0 saturated heterocycles. The van der Waals surface area contributed by atoms with Crippen LogP contribution in [0.4, 0.5) is 0 Å². The first kappa shape index (κ1) is 16.1. The van der Waals surface area contributed by atoms with Gasteiger partial charge in [0.2, 0.25) is 10.0 Å². The van der Waals surface area contributed by atoms with Gasteiger partial charge in [-0.2, -0.15) is 4.31 Å². The molecule has 0 unspecified atom stereocenters. The lowest BCUT2D eigenvalue weighted by Crippen LogP contribution is -2.31. The van der Waals surface area contributed by atoms with Crippen LogP contribution in [0.3, 0.4) is 0 Å². The van der Waals surface area contributed by atoms with Crippen molar-refractivity contribution >= 4 is 26.0 Å². The lowest BCUT2D eigenvalue weighted by molar-refractivity contribution is 0.418. The Morgan fingerprint density at radius 2 is 2.05 bits per heavy atom. The smallest absolute Gasteiger partial charge is 0.244 e. The van der Waals surface area contributed by atoms with Gasteiger partial charge in [0.25, 0.3) is 0 Å². The van der Waals surface area contributed by atoms with Crippen molar-refractivity contribution in [1.29, 1.82) is 0 Å². The largest absolute Gasteiger partial charge is 0.262 e. The maximum atomic E-state index is 12.6. The van der Waals surface area contributed by atoms with Crippen LogP contribution in [0.15, 0.2) is 46.0 Å². The van der Waals surface area contributed by atoms with Crippen LogP contribution < -0.4 is 0 Å². The summed E-state index contributed by atoms with van der Waals surface area (Å²) in [5, 5.41) is 0. The van der Waals surface area contributed by atoms with Gasteiger partial charge < -0.3 is 0 Å². The van der Waals surface area contributed by atoms with E-state index >= 15 is 0 Å². The van der Waals surface area contributed by atoms with E-state index in [0.717, 1.165) is 11.4 Å². The lowest BCUT2D eigenvalue weighted by atomic mass is 10.3. The van der Waals surface area contributed by atoms with Crippen molar-refractivity contribution in [3.05, 3.63) is 52.5 Å². The fourth-order valence-corrected chi connectivity index (χ4v) is 3.84. The number of rotatable bonds is 5. The van der Waals surface area contributed by atoms with Crippen molar-refractivity contribution in [2.45, 2.75) is 25.3 Å². The van der Waals surface area contributed by atoms with E-state index in [4.69, 9.17) is 0 Å². The summed E-state index contributed by atoms with van der Waals surface area (Å²) in [6, 6.07) is 7.13. The average Bonchev–Trinajstić information content (AvgIpc) is 2.44. The molecule has 0 aromatic carbocycles. The quantitative estimate of drug-likeness (QED) is 0.812. The predicted molar refractivity (Wildman–Crippen MR) is 84.2 cm³/mol. The molecule has 0 amide bonds. The fourth-order valence-electron chi connectivity index (χ4n) is 1.92. The number of sulfonamides is 1. The molecule has 0 atom stereocenters. The summed E-state index contributed by atoms with van der Waals surface area (Å²) in [4.78, 5) is 8.45. The Labute approximate surface area is 133 Å². The summed E-state index contributed by atoms with van der Waals surface area (Å²) in [7, 11) is -3.58. The van der Waals surface area contributed by atoms with Crippen molar-refractivity contribution in [1.82, 2.24) is 14.3 Å². The SMILES string of the molecule is CCN(Cc1cccc(C)n1)S(=O)(=O)c1cncc(Br)c1. The Bertz CT molecular complexity index is 735. The lowest BCUT2D eigenvalue weighted by Gasteiger charge is -2.20. The number of nitrogens with zero attached hydrogens (tertiary/aromatic N) is 3. The van der Waals surface area contributed by atoms with Gasteiger partial charge in [0.1, 0.15) is 4.90 Å². The van der Waals surface area contributed by atoms with E-state index in [-0.39, 0.29) is 11.4 Å². The van der Waals surface area contributed by atoms with Crippen LogP contribution in [-0.2, 0) is 16.6 Å². The van der Waals surface area contributed by atoms with Gasteiger partial charge in [-0.1, -0.05) is 13.0 Å². The van der Waals surface area contributed by atoms with Gasteiger partial charge in [-0.25, -0.2) is 8.42 Å². The molecule has 2 rings (SSSR count). The van der Waals surface area contributed by atoms with E-state index in [1.54, 1.807) is 19.2 Å². The summed E-state index contributed by atoms with van der Waals surface area (Å²) in [5.74, 6) is 0. The zero-order valence-corrected chi connectivity index (χ0v) is 14.2. The molecule has 5 nitrogen and oxygen atoms in total. The minimum atomic E-state index is -3.58. The summed E-state index contributed by atoms with van der Waals surface area (Å²) < 4.78 is 27.3. The maximum absolute atomic E-state index is 12.6. The third kappa shape index (κ3) is 3.87. The van der Waals surface area contributed by atoms with Gasteiger partial charge >= 0.3 is 0 Å². The third-order valence-electron chi connectivity index (χ3n) is 2.95. The number of pyridine rings is 2. The molecule has 0 bridgehead atoms. The Morgan fingerprint density at radius 3 is 2.67 bits per heavy atom. The van der Waals surface area contributed by atoms with E-state index in [1.807, 2.05) is 25.1 Å². The second-order valence-corrected chi connectivity index (χ2v) is 7.39. The van der Waals surface area contributed by atoms with Crippen molar-refractivity contribution in [2.75, 3.05) is 6.54 Å². The highest BCUT2D eigenvalue weighted by atomic mass is 79.9. The summed E-state index contributed by atoms with van der Waals surface area (Å²) >= 11 is 3.24. The molecule has 2 heterocycles. The molecule has 0 aliphatic heterocycles. The molecule has 0 fully saturated rings. The van der Waals surface area contributed by atoms with Crippen LogP contribution in [0.1, 0.15) is 18.3 Å². The molecule has 0 aliphatic rings. The fraction of sp³-hybridized carbons (Fsp3) is 0.286. The highest BCUT2D eigenvalue weighted by Gasteiger charge is 2.24. The van der Waals surface area contributed by atoms with Gasteiger partial charge in [0.05, 0.1) is 12.2 Å². The highest BCUT2D eigenvalue weighted by molar-refractivity contribution is 9.10. The van der Waals surface area contributed by atoms with Gasteiger partial charge in [-0.3, -0.25) is 9.97 Å². The predicted octanol–water partition coefficient (Wildman–Crippen LogP) is 2.76. The minimum absolute atomic E-state index is 0.173. The number of aromatic nitrogens is 2. The van der Waals surface area contributed by atoms with E-state index in [9.17, 15) is 8.42 Å². The van der Waals surface area contributed by atoms with Gasteiger partial charge in [-0.15, -0.1) is 0 Å². The molecular weight excluding hydrogens is 354 g/mol. The van der Waals surface area contributed by atoms with Crippen LogP contribution in [0.25, 0.3) is 0 Å². The second kappa shape index (κ2) is 6.64. The topological polar surface area (TPSA) is 63.2 Å². The molecule has 112 valence electrons. The molecular formula is C14H16BrN3O2S. The Hall–Kier alpha value is -1.31. The Kier molecular flexibility index (Phi) is 5.08. The van der Waals surface area contributed by atoms with Crippen LogP contribution in [0.5, 0.6) is 0 Å². The maximum Gasteiger partial charge on any atom is 0.244 e. The summed E-state index contributed by atoms with van der Waals surface area (Å²) in [5.41, 5.74) is 1.59. The third-order valence-corrected chi connectivity index (χ3v) is 5.27. The summed E-state index contributed by atoms with van der Waals surface area (Å²) in [6.45, 7) is 4.29. The van der Waals surface area contributed by atoms with E-state index in [1.165, 1.54) is 10.5 Å². The van der Waals surface area contributed by atoms with Crippen molar-refractivity contribution in [3.8, 4) is 0 Å². The highest BCUT2D eigenvalue weighted by Crippen LogP contribution is 2.20. The van der Waals surface area contributed by atoms with Crippen molar-refractivity contribution < 1.29 is 8.42 Å². The molecule has 0 saturated carbocycles. The van der Waals surface area contributed by atoms with E-state index < -0.39 is 10.0 Å². The normalized spacial score (nSPS) is 11.8. The van der Waals surface area contributed by atoms with Gasteiger partial charge in [0.15, 0.2) is 0 Å². The van der Waals surface area contributed by atoms with E-state index in [0.29, 0.717) is 11.0 Å². The number of hydrogen-bond donors (Lipinski definition) is 0. The van der Waals surface area contributed by atoms with Crippen LogP contribution in [0, 0.1) is 6.92 Å². The Morgan fingerprint density at radius 1 is 1.29 bits per heavy atom. The molecule has 2 aromatic rings. The van der Waals surface area contributed by atoms with Gasteiger partial charge in [-0.05, 0) is 41.1 Å². The summed E-state index contributed by atoms with van der Waals surface area (Å²) in [6.07, 6.45) is 2.91. The van der Waals surface area contributed by atoms with Crippen LogP contribution >= 0.6 is 15.9 Å². The molecule has 0 aliphatic carbocycles. The average molecular weight is 370 g/mol. The number of hydrogen-bond acceptors (Lipinski definition) is 4. The Balaban J connectivity index is 2.32. The van der Waals surface area contributed by atoms with Crippen molar-refractivity contribution in [2.24, 2.45) is 0 Å². The first-order valence-electron chi connectivity index (χ1n) is 6.46. The monoisotopic (exact) mass is 369 g/mol. The van der Waals surface area contributed by atoms with Gasteiger partial charge in [0, 0.05) is 29.1 Å². The second-order valence-electron chi connectivity index (χ2n) is 4.54. The number of halogens is 1. The molecule has 2 aromatic heterocycles. The molecule has 0 radical (unpaired) electrons. The first-order chi connectivity index (χ1) is 9.93. The molecule has 0 N–H and O–H groups in total. The standard InChI is InChI=1S/C14H16BrN3O2S/c1-3-18(10-13-6-4-5-11(2)17-13)21(19,20)14-7-12(15)8-16-9-14/h4-9H,3,10H2,1-2H3. The zero-order valence-electron chi connectivity index (χ0n) is 11.8. The zero-order chi connectivity index (χ0) is 15.5.